The van der Waals surface area contributed by atoms with Crippen LogP contribution in [-0.4, -0.2) is 10.9 Å². The molecule has 0 radical (unpaired) electrons. The number of oxazole rings is 1. The lowest BCUT2D eigenvalue weighted by Crippen LogP contribution is -2.11. The Labute approximate surface area is 127 Å². The summed E-state index contributed by atoms with van der Waals surface area (Å²) in [5.74, 6) is -0.277. The summed E-state index contributed by atoms with van der Waals surface area (Å²) in [5.41, 5.74) is 3.39. The van der Waals surface area contributed by atoms with E-state index in [2.05, 4.69) is 24.1 Å². The molecule has 1 amide bonds. The maximum Gasteiger partial charge on any atom is 0.417 e. The average Bonchev–Trinajstić information content (AvgIpc) is 2.86. The number of hydrogen-bond donors (Lipinski definition) is 2. The highest BCUT2D eigenvalue weighted by molar-refractivity contribution is 6.04. The molecule has 0 bridgehead atoms. The second-order valence-corrected chi connectivity index (χ2v) is 5.46. The van der Waals surface area contributed by atoms with E-state index in [1.165, 1.54) is 5.56 Å². The predicted octanol–water partition coefficient (Wildman–Crippen LogP) is 3.50. The zero-order valence-corrected chi connectivity index (χ0v) is 12.3. The number of hydrogen-bond acceptors (Lipinski definition) is 3. The van der Waals surface area contributed by atoms with Gasteiger partial charge in [0.05, 0.1) is 5.52 Å². The summed E-state index contributed by atoms with van der Waals surface area (Å²) in [5, 5.41) is 2.81. The van der Waals surface area contributed by atoms with Crippen molar-refractivity contribution in [1.29, 1.82) is 0 Å². The third kappa shape index (κ3) is 2.79. The highest BCUT2D eigenvalue weighted by Crippen LogP contribution is 2.18. The van der Waals surface area contributed by atoms with Crippen LogP contribution in [0.5, 0.6) is 0 Å². The maximum atomic E-state index is 12.2. The van der Waals surface area contributed by atoms with Gasteiger partial charge in [-0.05, 0) is 41.8 Å². The number of carbonyl (C=O) groups excluding carboxylic acids is 1. The van der Waals surface area contributed by atoms with Crippen LogP contribution in [0.15, 0.2) is 51.7 Å². The Bertz CT molecular complexity index is 873. The minimum Gasteiger partial charge on any atom is -0.408 e. The van der Waals surface area contributed by atoms with Gasteiger partial charge < -0.3 is 9.73 Å². The van der Waals surface area contributed by atoms with Crippen LogP contribution < -0.4 is 11.1 Å². The second-order valence-electron chi connectivity index (χ2n) is 5.46. The lowest BCUT2D eigenvalue weighted by Gasteiger charge is -2.08. The Kier molecular flexibility index (Phi) is 3.55. The van der Waals surface area contributed by atoms with Gasteiger partial charge in [0, 0.05) is 11.3 Å². The van der Waals surface area contributed by atoms with Crippen molar-refractivity contribution in [3.63, 3.8) is 0 Å². The lowest BCUT2D eigenvalue weighted by atomic mass is 10.0. The van der Waals surface area contributed by atoms with Crippen molar-refractivity contribution >= 4 is 22.7 Å². The molecule has 1 heterocycles. The van der Waals surface area contributed by atoms with E-state index in [4.69, 9.17) is 4.42 Å². The van der Waals surface area contributed by atoms with Crippen LogP contribution in [0.1, 0.15) is 35.7 Å². The number of aromatic amines is 1. The first-order valence-corrected chi connectivity index (χ1v) is 7.07. The van der Waals surface area contributed by atoms with Gasteiger partial charge in [-0.1, -0.05) is 26.0 Å². The molecule has 0 spiro atoms. The molecule has 3 rings (SSSR count). The number of amides is 1. The summed E-state index contributed by atoms with van der Waals surface area (Å²) in [6, 6.07) is 12.5. The SMILES string of the molecule is CC(C)c1ccc(C(=O)Nc2ccc3oc(=O)[nH]c3c2)cc1. The number of aromatic nitrogens is 1. The zero-order valence-electron chi connectivity index (χ0n) is 12.3. The van der Waals surface area contributed by atoms with Crippen LogP contribution in [0.2, 0.25) is 0 Å². The van der Waals surface area contributed by atoms with Crippen LogP contribution in [0, 0.1) is 0 Å². The summed E-state index contributed by atoms with van der Waals surface area (Å²) in [6.45, 7) is 4.21. The molecule has 5 nitrogen and oxygen atoms in total. The molecule has 2 N–H and O–H groups in total. The fourth-order valence-electron chi connectivity index (χ4n) is 2.25. The smallest absolute Gasteiger partial charge is 0.408 e. The summed E-state index contributed by atoms with van der Waals surface area (Å²) in [6.07, 6.45) is 0. The molecular weight excluding hydrogens is 280 g/mol. The van der Waals surface area contributed by atoms with Gasteiger partial charge in [0.15, 0.2) is 5.58 Å². The minimum absolute atomic E-state index is 0.194. The van der Waals surface area contributed by atoms with E-state index >= 15 is 0 Å². The van der Waals surface area contributed by atoms with Crippen molar-refractivity contribution < 1.29 is 9.21 Å². The standard InChI is InChI=1S/C17H16N2O3/c1-10(2)11-3-5-12(6-4-11)16(20)18-13-7-8-15-14(9-13)19-17(21)22-15/h3-10H,1-2H3,(H,18,20)(H,19,21). The van der Waals surface area contributed by atoms with E-state index in [0.717, 1.165) is 0 Å². The Morgan fingerprint density at radius 2 is 1.86 bits per heavy atom. The van der Waals surface area contributed by atoms with Crippen LogP contribution in [0.25, 0.3) is 11.1 Å². The van der Waals surface area contributed by atoms with Crippen LogP contribution >= 0.6 is 0 Å². The Morgan fingerprint density at radius 3 is 2.55 bits per heavy atom. The topological polar surface area (TPSA) is 75.1 Å². The number of benzene rings is 2. The molecule has 0 saturated heterocycles. The number of carbonyl (C=O) groups is 1. The highest BCUT2D eigenvalue weighted by Gasteiger charge is 2.08. The Balaban J connectivity index is 1.81. The number of fused-ring (bicyclic) bond motifs is 1. The number of nitrogens with one attached hydrogen (secondary N) is 2. The van der Waals surface area contributed by atoms with Crippen LogP contribution in [0.3, 0.4) is 0 Å². The normalized spacial score (nSPS) is 11.0. The molecule has 0 atom stereocenters. The van der Waals surface area contributed by atoms with E-state index in [9.17, 15) is 9.59 Å². The Hall–Kier alpha value is -2.82. The third-order valence-corrected chi connectivity index (χ3v) is 3.52. The second kappa shape index (κ2) is 5.52. The highest BCUT2D eigenvalue weighted by atomic mass is 16.4. The van der Waals surface area contributed by atoms with E-state index < -0.39 is 5.76 Å². The number of anilines is 1. The van der Waals surface area contributed by atoms with E-state index in [-0.39, 0.29) is 5.91 Å². The third-order valence-electron chi connectivity index (χ3n) is 3.52. The van der Waals surface area contributed by atoms with Crippen molar-refractivity contribution in [2.75, 3.05) is 5.32 Å². The van der Waals surface area contributed by atoms with Crippen molar-refractivity contribution in [3.05, 3.63) is 64.1 Å². The fraction of sp³-hybridized carbons (Fsp3) is 0.176. The van der Waals surface area contributed by atoms with Crippen molar-refractivity contribution in [2.45, 2.75) is 19.8 Å². The number of rotatable bonds is 3. The largest absolute Gasteiger partial charge is 0.417 e. The summed E-state index contributed by atoms with van der Waals surface area (Å²) in [4.78, 5) is 25.9. The van der Waals surface area contributed by atoms with Crippen molar-refractivity contribution in [3.8, 4) is 0 Å². The van der Waals surface area contributed by atoms with Gasteiger partial charge in [-0.2, -0.15) is 0 Å². The maximum absolute atomic E-state index is 12.2. The summed E-state index contributed by atoms with van der Waals surface area (Å²) in [7, 11) is 0. The molecule has 5 heteroatoms. The first-order chi connectivity index (χ1) is 10.5. The molecule has 0 fully saturated rings. The first kappa shape index (κ1) is 14.1. The molecule has 2 aromatic carbocycles. The average molecular weight is 296 g/mol. The molecule has 0 aliphatic heterocycles. The Morgan fingerprint density at radius 1 is 1.14 bits per heavy atom. The fourth-order valence-corrected chi connectivity index (χ4v) is 2.25. The predicted molar refractivity (Wildman–Crippen MR) is 85.3 cm³/mol. The van der Waals surface area contributed by atoms with Crippen molar-refractivity contribution in [1.82, 2.24) is 4.98 Å². The van der Waals surface area contributed by atoms with Gasteiger partial charge in [-0.15, -0.1) is 0 Å². The molecule has 22 heavy (non-hydrogen) atoms. The van der Waals surface area contributed by atoms with Gasteiger partial charge in [0.2, 0.25) is 0 Å². The van der Waals surface area contributed by atoms with Gasteiger partial charge in [-0.25, -0.2) is 4.79 Å². The van der Waals surface area contributed by atoms with Gasteiger partial charge in [0.1, 0.15) is 0 Å². The van der Waals surface area contributed by atoms with Crippen LogP contribution in [-0.2, 0) is 0 Å². The first-order valence-electron chi connectivity index (χ1n) is 7.07. The van der Waals surface area contributed by atoms with E-state index in [0.29, 0.717) is 28.3 Å². The lowest BCUT2D eigenvalue weighted by molar-refractivity contribution is 0.102. The van der Waals surface area contributed by atoms with E-state index in [1.807, 2.05) is 24.3 Å². The van der Waals surface area contributed by atoms with Gasteiger partial charge in [-0.3, -0.25) is 9.78 Å². The van der Waals surface area contributed by atoms with E-state index in [1.54, 1.807) is 18.2 Å². The number of H-pyrrole nitrogens is 1. The molecule has 112 valence electrons. The molecule has 0 aliphatic rings. The quantitative estimate of drug-likeness (QED) is 0.776. The minimum atomic E-state index is -0.511. The summed E-state index contributed by atoms with van der Waals surface area (Å²) < 4.78 is 4.92. The molecule has 3 aromatic rings. The summed E-state index contributed by atoms with van der Waals surface area (Å²) >= 11 is 0. The van der Waals surface area contributed by atoms with Gasteiger partial charge >= 0.3 is 5.76 Å². The monoisotopic (exact) mass is 296 g/mol. The van der Waals surface area contributed by atoms with Crippen LogP contribution in [0.4, 0.5) is 5.69 Å². The van der Waals surface area contributed by atoms with Gasteiger partial charge in [0.25, 0.3) is 5.91 Å². The molecule has 0 aliphatic carbocycles. The molecule has 0 saturated carbocycles. The molecule has 1 aromatic heterocycles. The zero-order chi connectivity index (χ0) is 15.7. The molecular formula is C17H16N2O3. The molecule has 0 unspecified atom stereocenters. The van der Waals surface area contributed by atoms with Crippen molar-refractivity contribution in [2.24, 2.45) is 0 Å².